The SMILES string of the molecule is COC[C@H](C)n1c(-c2cn3c(C)nnc3c(NC(C)C)n2)nc2cnc(N)cc21. The topological polar surface area (TPSA) is 121 Å². The first-order valence-corrected chi connectivity index (χ1v) is 9.50. The minimum atomic E-state index is 0.0165. The molecule has 0 aliphatic rings. The monoisotopic (exact) mass is 395 g/mol. The third-order valence-electron chi connectivity index (χ3n) is 4.66. The Morgan fingerprint density at radius 2 is 2.00 bits per heavy atom. The van der Waals surface area contributed by atoms with E-state index in [1.54, 1.807) is 13.3 Å². The molecule has 29 heavy (non-hydrogen) atoms. The molecule has 10 nitrogen and oxygen atoms in total. The fraction of sp³-hybridized carbons (Fsp3) is 0.421. The number of aromatic nitrogens is 7. The maximum atomic E-state index is 5.94. The molecule has 0 saturated carbocycles. The molecule has 4 rings (SSSR count). The largest absolute Gasteiger partial charge is 0.384 e. The number of anilines is 2. The third-order valence-corrected chi connectivity index (χ3v) is 4.66. The Bertz CT molecular complexity index is 1180. The highest BCUT2D eigenvalue weighted by Crippen LogP contribution is 2.30. The molecule has 0 aliphatic carbocycles. The van der Waals surface area contributed by atoms with Gasteiger partial charge >= 0.3 is 0 Å². The minimum Gasteiger partial charge on any atom is -0.384 e. The average molecular weight is 395 g/mol. The van der Waals surface area contributed by atoms with E-state index in [2.05, 4.69) is 45.8 Å². The maximum Gasteiger partial charge on any atom is 0.203 e. The number of nitrogens with two attached hydrogens (primary N) is 1. The molecular weight excluding hydrogens is 370 g/mol. The second kappa shape index (κ2) is 7.28. The van der Waals surface area contributed by atoms with E-state index >= 15 is 0 Å². The van der Waals surface area contributed by atoms with E-state index in [9.17, 15) is 0 Å². The van der Waals surface area contributed by atoms with E-state index in [4.69, 9.17) is 20.4 Å². The van der Waals surface area contributed by atoms with Crippen LogP contribution in [0.2, 0.25) is 0 Å². The summed E-state index contributed by atoms with van der Waals surface area (Å²) in [5, 5.41) is 11.8. The van der Waals surface area contributed by atoms with Crippen LogP contribution in [0.4, 0.5) is 11.6 Å². The predicted octanol–water partition coefficient (Wildman–Crippen LogP) is 2.45. The first-order valence-electron chi connectivity index (χ1n) is 9.50. The molecule has 4 aromatic rings. The number of hydrogen-bond donors (Lipinski definition) is 2. The zero-order valence-electron chi connectivity index (χ0n) is 17.2. The van der Waals surface area contributed by atoms with Crippen molar-refractivity contribution in [2.45, 2.75) is 39.8 Å². The van der Waals surface area contributed by atoms with E-state index in [0.717, 1.165) is 16.9 Å². The van der Waals surface area contributed by atoms with E-state index in [1.807, 2.05) is 23.6 Å². The molecule has 4 aromatic heterocycles. The number of methoxy groups -OCH3 is 1. The summed E-state index contributed by atoms with van der Waals surface area (Å²) in [5.41, 5.74) is 8.95. The van der Waals surface area contributed by atoms with Gasteiger partial charge in [-0.2, -0.15) is 0 Å². The van der Waals surface area contributed by atoms with E-state index < -0.39 is 0 Å². The van der Waals surface area contributed by atoms with Crippen molar-refractivity contribution in [3.05, 3.63) is 24.3 Å². The van der Waals surface area contributed by atoms with Crippen molar-refractivity contribution >= 4 is 28.3 Å². The molecule has 0 spiro atoms. The highest BCUT2D eigenvalue weighted by atomic mass is 16.5. The lowest BCUT2D eigenvalue weighted by Crippen LogP contribution is -2.15. The van der Waals surface area contributed by atoms with Crippen molar-refractivity contribution in [2.75, 3.05) is 24.8 Å². The van der Waals surface area contributed by atoms with Crippen LogP contribution in [0.25, 0.3) is 28.2 Å². The second-order valence-corrected chi connectivity index (χ2v) is 7.42. The molecule has 1 atom stereocenters. The van der Waals surface area contributed by atoms with Crippen LogP contribution in [-0.4, -0.2) is 53.9 Å². The Labute approximate surface area is 168 Å². The summed E-state index contributed by atoms with van der Waals surface area (Å²) in [5.74, 6) is 2.58. The summed E-state index contributed by atoms with van der Waals surface area (Å²) in [6, 6.07) is 2.03. The van der Waals surface area contributed by atoms with Gasteiger partial charge in [0, 0.05) is 25.4 Å². The lowest BCUT2D eigenvalue weighted by atomic mass is 10.3. The molecule has 3 N–H and O–H groups in total. The van der Waals surface area contributed by atoms with Crippen LogP contribution >= 0.6 is 0 Å². The molecule has 0 aliphatic heterocycles. The van der Waals surface area contributed by atoms with Crippen LogP contribution < -0.4 is 11.1 Å². The lowest BCUT2D eigenvalue weighted by molar-refractivity contribution is 0.164. The molecule has 4 heterocycles. The summed E-state index contributed by atoms with van der Waals surface area (Å²) in [7, 11) is 1.68. The molecule has 0 unspecified atom stereocenters. The number of ether oxygens (including phenoxy) is 1. The molecule has 0 bridgehead atoms. The molecule has 0 amide bonds. The number of rotatable bonds is 6. The van der Waals surface area contributed by atoms with Crippen molar-refractivity contribution < 1.29 is 4.74 Å². The van der Waals surface area contributed by atoms with Crippen LogP contribution in [0, 0.1) is 6.92 Å². The van der Waals surface area contributed by atoms with Gasteiger partial charge in [-0.05, 0) is 27.7 Å². The molecular formula is C19H25N9O. The van der Waals surface area contributed by atoms with Gasteiger partial charge in [-0.15, -0.1) is 10.2 Å². The molecule has 10 heteroatoms. The highest BCUT2D eigenvalue weighted by Gasteiger charge is 2.21. The molecule has 152 valence electrons. The number of nitrogens with zero attached hydrogens (tertiary/aromatic N) is 7. The summed E-state index contributed by atoms with van der Waals surface area (Å²) < 4.78 is 9.41. The Balaban J connectivity index is 1.99. The Kier molecular flexibility index (Phi) is 4.79. The number of pyridine rings is 1. The number of nitrogen functional groups attached to an aromatic ring is 1. The van der Waals surface area contributed by atoms with Crippen molar-refractivity contribution in [1.82, 2.24) is 34.1 Å². The van der Waals surface area contributed by atoms with Gasteiger partial charge in [0.1, 0.15) is 22.9 Å². The molecule has 0 saturated heterocycles. The lowest BCUT2D eigenvalue weighted by Gasteiger charge is -2.17. The molecule has 0 radical (unpaired) electrons. The summed E-state index contributed by atoms with van der Waals surface area (Å²) in [6.07, 6.45) is 3.59. The quantitative estimate of drug-likeness (QED) is 0.511. The van der Waals surface area contributed by atoms with Gasteiger partial charge < -0.3 is 20.4 Å². The normalized spacial score (nSPS) is 12.9. The van der Waals surface area contributed by atoms with Crippen molar-refractivity contribution in [3.63, 3.8) is 0 Å². The van der Waals surface area contributed by atoms with Crippen LogP contribution in [0.1, 0.15) is 32.6 Å². The van der Waals surface area contributed by atoms with Crippen molar-refractivity contribution in [3.8, 4) is 11.5 Å². The smallest absolute Gasteiger partial charge is 0.203 e. The van der Waals surface area contributed by atoms with Gasteiger partial charge in [-0.1, -0.05) is 0 Å². The summed E-state index contributed by atoms with van der Waals surface area (Å²) in [6.45, 7) is 8.60. The third kappa shape index (κ3) is 3.35. The first kappa shape index (κ1) is 19.1. The number of nitrogens with one attached hydrogen (secondary N) is 1. The Morgan fingerprint density at radius 1 is 1.21 bits per heavy atom. The van der Waals surface area contributed by atoms with Gasteiger partial charge in [-0.25, -0.2) is 15.0 Å². The van der Waals surface area contributed by atoms with Gasteiger partial charge in [0.2, 0.25) is 5.65 Å². The van der Waals surface area contributed by atoms with Crippen molar-refractivity contribution in [2.24, 2.45) is 0 Å². The van der Waals surface area contributed by atoms with Crippen LogP contribution in [0.5, 0.6) is 0 Å². The van der Waals surface area contributed by atoms with Gasteiger partial charge in [0.05, 0.1) is 24.4 Å². The highest BCUT2D eigenvalue weighted by molar-refractivity contribution is 5.82. The predicted molar refractivity (Wildman–Crippen MR) is 112 cm³/mol. The molecule has 0 aromatic carbocycles. The Hall–Kier alpha value is -3.27. The number of aryl methyl sites for hydroxylation is 1. The van der Waals surface area contributed by atoms with Gasteiger partial charge in [-0.3, -0.25) is 4.40 Å². The van der Waals surface area contributed by atoms with Gasteiger partial charge in [0.25, 0.3) is 0 Å². The number of imidazole rings is 1. The number of fused-ring (bicyclic) bond motifs is 2. The van der Waals surface area contributed by atoms with Crippen molar-refractivity contribution in [1.29, 1.82) is 0 Å². The van der Waals surface area contributed by atoms with E-state index in [0.29, 0.717) is 35.4 Å². The average Bonchev–Trinajstić information content (AvgIpc) is 3.22. The first-order chi connectivity index (χ1) is 13.9. The van der Waals surface area contributed by atoms with E-state index in [-0.39, 0.29) is 12.1 Å². The summed E-state index contributed by atoms with van der Waals surface area (Å²) in [4.78, 5) is 13.8. The van der Waals surface area contributed by atoms with Gasteiger partial charge in [0.15, 0.2) is 11.6 Å². The fourth-order valence-electron chi connectivity index (χ4n) is 3.44. The maximum absolute atomic E-state index is 5.94. The Morgan fingerprint density at radius 3 is 2.72 bits per heavy atom. The van der Waals surface area contributed by atoms with Crippen LogP contribution in [-0.2, 0) is 4.74 Å². The summed E-state index contributed by atoms with van der Waals surface area (Å²) >= 11 is 0. The second-order valence-electron chi connectivity index (χ2n) is 7.42. The van der Waals surface area contributed by atoms with Crippen LogP contribution in [0.15, 0.2) is 18.5 Å². The molecule has 0 fully saturated rings. The number of hydrogen-bond acceptors (Lipinski definition) is 8. The zero-order chi connectivity index (χ0) is 20.7. The van der Waals surface area contributed by atoms with E-state index in [1.165, 1.54) is 0 Å². The fourth-order valence-corrected chi connectivity index (χ4v) is 3.44. The minimum absolute atomic E-state index is 0.0165. The standard InChI is InChI=1S/C19H25N9O/c1-10(2)22-17-19-26-25-12(4)27(19)8-14(23-17)18-24-13-7-21-16(20)6-15(13)28(18)11(3)9-29-5/h6-8,10-11H,9H2,1-5H3,(H2,20,21)(H,22,23)/t11-/m0/s1. The zero-order valence-corrected chi connectivity index (χ0v) is 17.2. The van der Waals surface area contributed by atoms with Crippen LogP contribution in [0.3, 0.4) is 0 Å².